The van der Waals surface area contributed by atoms with E-state index in [4.69, 9.17) is 22.9 Å². The normalized spacial score (nSPS) is 13.5. The van der Waals surface area contributed by atoms with Crippen LogP contribution in [0.3, 0.4) is 0 Å². The Hall–Kier alpha value is -2.93. The van der Waals surface area contributed by atoms with Gasteiger partial charge in [0.1, 0.15) is 12.1 Å². The monoisotopic (exact) mass is 472 g/mol. The van der Waals surface area contributed by atoms with Gasteiger partial charge in [-0.3, -0.25) is 19.4 Å². The molecule has 3 atom stereocenters. The van der Waals surface area contributed by atoms with Crippen LogP contribution in [-0.2, 0) is 19.2 Å². The summed E-state index contributed by atoms with van der Waals surface area (Å²) in [4.78, 5) is 52.2. The molecule has 0 saturated carbocycles. The average Bonchev–Trinajstić information content (AvgIpc) is 2.73. The molecular formula is C20H40N8O5. The molecule has 0 aliphatic carbocycles. The summed E-state index contributed by atoms with van der Waals surface area (Å²) in [5, 5.41) is 16.7. The molecule has 0 radical (unpaired) electrons. The minimum Gasteiger partial charge on any atom is -0.480 e. The number of aliphatic imine (C=N–C) groups is 1. The van der Waals surface area contributed by atoms with E-state index in [1.165, 1.54) is 0 Å². The quantitative estimate of drug-likeness (QED) is 0.0644. The van der Waals surface area contributed by atoms with Crippen LogP contribution in [-0.4, -0.2) is 72.5 Å². The third-order valence-electron chi connectivity index (χ3n) is 4.65. The standard InChI is InChI=1S/C20H40N8O5/c1-12(2)10-15(28-17(30)13(22)6-5-9-25-20(23)24)18(31)26-11-16(29)27-14(19(32)33)7-3-4-8-21/h12-15H,3-11,21-22H2,1-2H3,(H,26,31)(H,27,29)(H,28,30)(H,32,33)(H4,23,24,25). The molecule has 0 aromatic carbocycles. The maximum absolute atomic E-state index is 12.6. The Labute approximate surface area is 194 Å². The van der Waals surface area contributed by atoms with Crippen molar-refractivity contribution in [2.45, 2.75) is 70.5 Å². The van der Waals surface area contributed by atoms with Gasteiger partial charge in [0.15, 0.2) is 5.96 Å². The molecule has 0 bridgehead atoms. The number of aliphatic carboxylic acids is 1. The summed E-state index contributed by atoms with van der Waals surface area (Å²) in [6, 6.07) is -2.81. The maximum atomic E-state index is 12.6. The van der Waals surface area contributed by atoms with Crippen molar-refractivity contribution < 1.29 is 24.3 Å². The van der Waals surface area contributed by atoms with E-state index in [1.807, 2.05) is 13.8 Å². The van der Waals surface area contributed by atoms with E-state index in [9.17, 15) is 24.3 Å². The zero-order valence-electron chi connectivity index (χ0n) is 19.5. The second-order valence-corrected chi connectivity index (χ2v) is 8.21. The van der Waals surface area contributed by atoms with Gasteiger partial charge in [0.25, 0.3) is 0 Å². The van der Waals surface area contributed by atoms with E-state index >= 15 is 0 Å². The molecule has 0 rings (SSSR count). The molecule has 0 fully saturated rings. The average molecular weight is 473 g/mol. The van der Waals surface area contributed by atoms with Crippen LogP contribution >= 0.6 is 0 Å². The van der Waals surface area contributed by atoms with Crippen LogP contribution in [0.4, 0.5) is 0 Å². The number of carbonyl (C=O) groups is 4. The van der Waals surface area contributed by atoms with E-state index in [2.05, 4.69) is 20.9 Å². The van der Waals surface area contributed by atoms with Gasteiger partial charge >= 0.3 is 5.97 Å². The Morgan fingerprint density at radius 2 is 1.61 bits per heavy atom. The van der Waals surface area contributed by atoms with Crippen molar-refractivity contribution in [3.63, 3.8) is 0 Å². The van der Waals surface area contributed by atoms with Gasteiger partial charge in [0.2, 0.25) is 17.7 Å². The van der Waals surface area contributed by atoms with Crippen LogP contribution < -0.4 is 38.9 Å². The van der Waals surface area contributed by atoms with Crippen molar-refractivity contribution in [3.8, 4) is 0 Å². The van der Waals surface area contributed by atoms with Gasteiger partial charge in [-0.2, -0.15) is 0 Å². The molecule has 0 aromatic heterocycles. The molecule has 13 heteroatoms. The number of amides is 3. The summed E-state index contributed by atoms with van der Waals surface area (Å²) in [7, 11) is 0. The molecule has 0 spiro atoms. The molecule has 0 saturated heterocycles. The van der Waals surface area contributed by atoms with Gasteiger partial charge < -0.3 is 44.0 Å². The summed E-state index contributed by atoms with van der Waals surface area (Å²) in [5.74, 6) is -2.84. The highest BCUT2D eigenvalue weighted by atomic mass is 16.4. The van der Waals surface area contributed by atoms with Crippen molar-refractivity contribution in [1.29, 1.82) is 0 Å². The first kappa shape index (κ1) is 30.1. The van der Waals surface area contributed by atoms with Gasteiger partial charge in [-0.15, -0.1) is 0 Å². The minimum absolute atomic E-state index is 0.0454. The lowest BCUT2D eigenvalue weighted by atomic mass is 10.0. The first-order valence-electron chi connectivity index (χ1n) is 11.1. The summed E-state index contributed by atoms with van der Waals surface area (Å²) in [5.41, 5.74) is 21.8. The summed E-state index contributed by atoms with van der Waals surface area (Å²) < 4.78 is 0. The number of carboxylic acid groups (broad SMARTS) is 1. The van der Waals surface area contributed by atoms with Gasteiger partial charge in [0.05, 0.1) is 12.6 Å². The minimum atomic E-state index is -1.16. The number of nitrogens with two attached hydrogens (primary N) is 4. The lowest BCUT2D eigenvalue weighted by molar-refractivity contribution is -0.142. The van der Waals surface area contributed by atoms with Crippen molar-refractivity contribution in [2.75, 3.05) is 19.6 Å². The smallest absolute Gasteiger partial charge is 0.326 e. The summed E-state index contributed by atoms with van der Waals surface area (Å²) in [6.45, 7) is 4.10. The number of carbonyl (C=O) groups excluding carboxylic acids is 3. The van der Waals surface area contributed by atoms with Crippen molar-refractivity contribution in [1.82, 2.24) is 16.0 Å². The third-order valence-corrected chi connectivity index (χ3v) is 4.65. The van der Waals surface area contributed by atoms with E-state index in [1.54, 1.807) is 0 Å². The zero-order valence-corrected chi connectivity index (χ0v) is 19.5. The Bertz CT molecular complexity index is 667. The van der Waals surface area contributed by atoms with Crippen LogP contribution in [0, 0.1) is 5.92 Å². The lowest BCUT2D eigenvalue weighted by Gasteiger charge is -2.22. The van der Waals surface area contributed by atoms with E-state index in [0.29, 0.717) is 45.2 Å². The Morgan fingerprint density at radius 3 is 2.15 bits per heavy atom. The lowest BCUT2D eigenvalue weighted by Crippen LogP contribution is -2.53. The van der Waals surface area contributed by atoms with Gasteiger partial charge in [-0.05, 0) is 51.0 Å². The predicted octanol–water partition coefficient (Wildman–Crippen LogP) is -2.29. The second kappa shape index (κ2) is 16.7. The second-order valence-electron chi connectivity index (χ2n) is 8.21. The number of hydrogen-bond donors (Lipinski definition) is 8. The largest absolute Gasteiger partial charge is 0.480 e. The van der Waals surface area contributed by atoms with Crippen LogP contribution in [0.1, 0.15) is 52.4 Å². The summed E-state index contributed by atoms with van der Waals surface area (Å²) >= 11 is 0. The molecule has 3 amide bonds. The van der Waals surface area contributed by atoms with E-state index in [-0.39, 0.29) is 18.3 Å². The van der Waals surface area contributed by atoms with Crippen LogP contribution in [0.2, 0.25) is 0 Å². The predicted molar refractivity (Wildman–Crippen MR) is 125 cm³/mol. The highest BCUT2D eigenvalue weighted by Gasteiger charge is 2.25. The topological polar surface area (TPSA) is 241 Å². The molecule has 190 valence electrons. The fourth-order valence-electron chi connectivity index (χ4n) is 2.92. The van der Waals surface area contributed by atoms with Crippen LogP contribution in [0.15, 0.2) is 4.99 Å². The van der Waals surface area contributed by atoms with E-state index in [0.717, 1.165) is 0 Å². The van der Waals surface area contributed by atoms with E-state index < -0.39 is 48.4 Å². The van der Waals surface area contributed by atoms with Crippen molar-refractivity contribution >= 4 is 29.7 Å². The first-order chi connectivity index (χ1) is 15.5. The molecular weight excluding hydrogens is 432 g/mol. The molecule has 0 aromatic rings. The van der Waals surface area contributed by atoms with Gasteiger partial charge in [-0.1, -0.05) is 13.8 Å². The third kappa shape index (κ3) is 14.7. The highest BCUT2D eigenvalue weighted by molar-refractivity contribution is 5.92. The fraction of sp³-hybridized carbons (Fsp3) is 0.750. The number of guanidine groups is 1. The first-order valence-corrected chi connectivity index (χ1v) is 11.1. The Balaban J connectivity index is 4.76. The maximum Gasteiger partial charge on any atom is 0.326 e. The molecule has 12 N–H and O–H groups in total. The number of nitrogens with one attached hydrogen (secondary N) is 3. The van der Waals surface area contributed by atoms with Crippen molar-refractivity contribution in [3.05, 3.63) is 0 Å². The number of unbranched alkanes of at least 4 members (excludes halogenated alkanes) is 1. The molecule has 0 heterocycles. The van der Waals surface area contributed by atoms with Crippen molar-refractivity contribution in [2.24, 2.45) is 33.8 Å². The number of nitrogens with zero attached hydrogens (tertiary/aromatic N) is 1. The number of rotatable bonds is 17. The summed E-state index contributed by atoms with van der Waals surface area (Å²) in [6.07, 6.45) is 2.57. The number of hydrogen-bond acceptors (Lipinski definition) is 7. The molecule has 0 aliphatic rings. The molecule has 3 unspecified atom stereocenters. The SMILES string of the molecule is CC(C)CC(NC(=O)C(N)CCCN=C(N)N)C(=O)NCC(=O)NC(CCCCN)C(=O)O. The van der Waals surface area contributed by atoms with Gasteiger partial charge in [0, 0.05) is 6.54 Å². The Morgan fingerprint density at radius 1 is 0.939 bits per heavy atom. The number of carboxylic acids is 1. The Kier molecular flexibility index (Phi) is 15.2. The highest BCUT2D eigenvalue weighted by Crippen LogP contribution is 2.06. The van der Waals surface area contributed by atoms with Crippen LogP contribution in [0.25, 0.3) is 0 Å². The molecule has 0 aliphatic heterocycles. The molecule has 13 nitrogen and oxygen atoms in total. The zero-order chi connectivity index (χ0) is 25.4. The van der Waals surface area contributed by atoms with Crippen LogP contribution in [0.5, 0.6) is 0 Å². The van der Waals surface area contributed by atoms with Gasteiger partial charge in [-0.25, -0.2) is 4.79 Å². The molecule has 33 heavy (non-hydrogen) atoms. The fourth-order valence-corrected chi connectivity index (χ4v) is 2.92.